The number of rotatable bonds is 25. The highest BCUT2D eigenvalue weighted by Gasteiger charge is 2.43. The fourth-order valence-electron chi connectivity index (χ4n) is 16.8. The summed E-state index contributed by atoms with van der Waals surface area (Å²) < 4.78 is 0. The number of nitrogens with zero attached hydrogens (tertiary/aromatic N) is 2. The molecule has 21 N–H and O–H groups in total. The van der Waals surface area contributed by atoms with Gasteiger partial charge in [-0.1, -0.05) is 191 Å². The molecular weight excluding hydrogens is 1830 g/mol. The van der Waals surface area contributed by atoms with Crippen molar-refractivity contribution in [1.82, 2.24) is 89.3 Å². The van der Waals surface area contributed by atoms with Gasteiger partial charge in [0.05, 0.1) is 18.3 Å². The molecule has 1 aliphatic heterocycles. The van der Waals surface area contributed by atoms with Gasteiger partial charge in [0.1, 0.15) is 96.9 Å². The molecule has 40 heteroatoms. The molecule has 0 radical (unpaired) electrons. The summed E-state index contributed by atoms with van der Waals surface area (Å²) in [6, 6.07) is 13.2. The first-order valence-corrected chi connectivity index (χ1v) is 48.9. The standard InChI is InChI=1S/C101H134N18O21S/c1-12-57(8)86-101(140)119(11)58(9)88(127)108-73(41-54(2)3)91(130)107-72(37-39-102)90(129)109-76(43-60-21-15-13-16-22-60)95(134)116-85(56(6)7)99(138)118-87(59(10)120)100(139)114-80(89(128)105-51-83(125)126)52-141-53-81(122)106-74(46-63-29-34-66-38-40-103-49-67(66)42-63)92(131)110-75(45-62-30-35-69(121)36-31-62)93(132)112-79(48-82(123)124)94(133)111-78(47-68-50-104-71-26-20-19-25-70(68)71)97(136)115-84(55(4)5)98(137)113-77(96(135)117-86)44-61-27-32-65(33-28-61)64-23-17-14-18-24-64/h14,17-20,23-36,38,40,42,49-50,54-60,72-80,84-87,104,120-121H,12-13,15-16,21-22,37,39,41,43-48,51-53,102H2,1-11H3,(H,105,128)(H,106,122)(H,107,130)(H,108,127)(H,109,129)(H,110,131)(H,111,133)(H,112,132)(H,113,137)(H,114,139)(H,115,136)(H,116,134)(H,117,135)(H,118,138)(H,123,124)(H,125,126)/t57?,58-,59?,72-,73+,74-,75-,76-,77-,78-,79-,80?,84-,85-,86-,87-/m0/s1. The predicted molar refractivity (Wildman–Crippen MR) is 528 cm³/mol. The van der Waals surface area contributed by atoms with Gasteiger partial charge < -0.3 is 110 Å². The molecule has 1 saturated heterocycles. The lowest BCUT2D eigenvalue weighted by Crippen LogP contribution is -2.62. The third-order valence-corrected chi connectivity index (χ3v) is 26.3. The van der Waals surface area contributed by atoms with E-state index >= 15 is 33.6 Å². The number of H-pyrrole nitrogens is 1. The number of benzene rings is 5. The Balaban J connectivity index is 1.11. The Morgan fingerprint density at radius 1 is 0.504 bits per heavy atom. The van der Waals surface area contributed by atoms with E-state index in [-0.39, 0.29) is 74.6 Å². The normalized spacial score (nSPS) is 23.9. The Morgan fingerprint density at radius 2 is 0.993 bits per heavy atom. The molecule has 15 amide bonds. The number of carbonyl (C=O) groups excluding carboxylic acids is 15. The van der Waals surface area contributed by atoms with E-state index in [1.54, 1.807) is 135 Å². The predicted octanol–water partition coefficient (Wildman–Crippen LogP) is 3.04. The monoisotopic (exact) mass is 1970 g/mol. The Hall–Kier alpha value is -13.9. The highest BCUT2D eigenvalue weighted by Crippen LogP contribution is 2.30. The fourth-order valence-corrected chi connectivity index (χ4v) is 17.7. The van der Waals surface area contributed by atoms with Crippen molar-refractivity contribution in [2.24, 2.45) is 35.3 Å². The molecule has 2 aromatic heterocycles. The summed E-state index contributed by atoms with van der Waals surface area (Å²) in [4.78, 5) is 258. The van der Waals surface area contributed by atoms with Gasteiger partial charge >= 0.3 is 11.9 Å². The number of fused-ring (bicyclic) bond motifs is 2. The minimum Gasteiger partial charge on any atom is -0.508 e. The molecule has 5 aromatic carbocycles. The largest absolute Gasteiger partial charge is 0.508 e. The second kappa shape index (κ2) is 53.5. The SMILES string of the molecule is CCC(C)[C@@H]1NC(=O)[C@H](Cc2ccc(-c3ccccc3)cc2)NC(=O)[C@H](C(C)C)NC(=O)[C@H](Cc2c[nH]c3ccccc23)NC(=O)[C@H](CC(=O)O)NC(=O)[C@H](Cc2ccc(O)cc2)NC(=O)[C@H](Cc2ccc3ccncc3c2)NC(=O)CSCC(C(=O)NCC(=O)O)NC(=O)[C@H](C(C)O)NC(=O)[C@H](C(C)C)NC(=O)[C@H](CC2CCCCC2)NC(=O)[C@H](CCN)NC(=O)[C@@H](CC(C)C)NC(=O)[C@H](C)N(C)C1=O. The highest BCUT2D eigenvalue weighted by atomic mass is 32.2. The summed E-state index contributed by atoms with van der Waals surface area (Å²) in [6.07, 6.45) is 4.38. The molecule has 0 spiro atoms. The molecule has 39 nitrogen and oxygen atoms in total. The molecule has 1 aliphatic carbocycles. The van der Waals surface area contributed by atoms with Crippen LogP contribution in [0.3, 0.4) is 0 Å². The molecule has 760 valence electrons. The lowest BCUT2D eigenvalue weighted by Gasteiger charge is -2.33. The molecule has 141 heavy (non-hydrogen) atoms. The lowest BCUT2D eigenvalue weighted by atomic mass is 9.84. The van der Waals surface area contributed by atoms with Gasteiger partial charge in [0.25, 0.3) is 0 Å². The van der Waals surface area contributed by atoms with Crippen molar-refractivity contribution in [3.8, 4) is 16.9 Å². The maximum Gasteiger partial charge on any atom is 0.322 e. The maximum absolute atomic E-state index is 15.5. The average molecular weight is 1970 g/mol. The van der Waals surface area contributed by atoms with Gasteiger partial charge in [0.15, 0.2) is 0 Å². The van der Waals surface area contributed by atoms with Gasteiger partial charge in [-0.3, -0.25) is 86.5 Å². The van der Waals surface area contributed by atoms with Crippen molar-refractivity contribution in [2.75, 3.05) is 31.6 Å². The summed E-state index contributed by atoms with van der Waals surface area (Å²) >= 11 is 0.690. The Labute approximate surface area is 822 Å². The highest BCUT2D eigenvalue weighted by molar-refractivity contribution is 8.00. The number of para-hydroxylation sites is 1. The molecule has 9 rings (SSSR count). The van der Waals surface area contributed by atoms with E-state index in [0.717, 1.165) is 47.6 Å². The van der Waals surface area contributed by atoms with Crippen LogP contribution in [0.2, 0.25) is 0 Å². The van der Waals surface area contributed by atoms with Crippen molar-refractivity contribution < 1.29 is 102 Å². The van der Waals surface area contributed by atoms with Crippen LogP contribution in [0.1, 0.15) is 156 Å². The first kappa shape index (κ1) is 111. The van der Waals surface area contributed by atoms with Crippen LogP contribution in [0.25, 0.3) is 32.8 Å². The van der Waals surface area contributed by atoms with Crippen molar-refractivity contribution in [1.29, 1.82) is 0 Å². The molecule has 1 saturated carbocycles. The zero-order valence-electron chi connectivity index (χ0n) is 81.2. The van der Waals surface area contributed by atoms with Crippen molar-refractivity contribution in [3.63, 3.8) is 0 Å². The Bertz CT molecular complexity index is 5540. The van der Waals surface area contributed by atoms with Gasteiger partial charge in [-0.15, -0.1) is 11.8 Å². The van der Waals surface area contributed by atoms with Crippen LogP contribution < -0.4 is 80.2 Å². The van der Waals surface area contributed by atoms with Crippen LogP contribution in [0.5, 0.6) is 5.75 Å². The summed E-state index contributed by atoms with van der Waals surface area (Å²) in [5.41, 5.74) is 10.1. The molecule has 2 fully saturated rings. The number of pyridine rings is 1. The number of hydrogen-bond donors (Lipinski definition) is 20. The number of aliphatic hydroxyl groups is 1. The topological polar surface area (TPSA) is 597 Å². The van der Waals surface area contributed by atoms with Crippen molar-refractivity contribution >= 4 is 134 Å². The van der Waals surface area contributed by atoms with E-state index in [0.29, 0.717) is 57.6 Å². The summed E-state index contributed by atoms with van der Waals surface area (Å²) in [5, 5.41) is 80.9. The second-order valence-corrected chi connectivity index (χ2v) is 38.5. The Kier molecular flexibility index (Phi) is 42.0. The first-order chi connectivity index (χ1) is 67.1. The molecule has 16 atom stereocenters. The van der Waals surface area contributed by atoms with E-state index in [4.69, 9.17) is 5.73 Å². The van der Waals surface area contributed by atoms with Gasteiger partial charge in [0, 0.05) is 73.4 Å². The first-order valence-electron chi connectivity index (χ1n) is 47.8. The second-order valence-electron chi connectivity index (χ2n) is 37.4. The van der Waals surface area contributed by atoms with E-state index in [9.17, 15) is 68.4 Å². The van der Waals surface area contributed by atoms with Crippen molar-refractivity contribution in [3.05, 3.63) is 168 Å². The van der Waals surface area contributed by atoms with Gasteiger partial charge in [-0.2, -0.15) is 0 Å². The minimum absolute atomic E-state index is 0.0146. The smallest absolute Gasteiger partial charge is 0.322 e. The number of phenols is 1. The number of aliphatic hydroxyl groups excluding tert-OH is 1. The number of nitrogens with two attached hydrogens (primary N) is 1. The van der Waals surface area contributed by atoms with Gasteiger partial charge in [-0.05, 0) is 138 Å². The number of carbonyl (C=O) groups is 17. The number of hydrogen-bond acceptors (Lipinski definition) is 22. The molecule has 2 aliphatic rings. The number of aromatic amines is 1. The van der Waals surface area contributed by atoms with E-state index in [1.165, 1.54) is 38.2 Å². The molecule has 7 aromatic rings. The maximum atomic E-state index is 15.5. The van der Waals surface area contributed by atoms with Crippen LogP contribution in [-0.2, 0) is 107 Å². The van der Waals surface area contributed by atoms with Crippen LogP contribution in [-0.4, -0.2) is 258 Å². The average Bonchev–Trinajstić information content (AvgIpc) is 1.60. The lowest BCUT2D eigenvalue weighted by molar-refractivity contribution is -0.143. The van der Waals surface area contributed by atoms with Gasteiger partial charge in [0.2, 0.25) is 88.6 Å². The van der Waals surface area contributed by atoms with Crippen LogP contribution in [0.4, 0.5) is 0 Å². The van der Waals surface area contributed by atoms with Crippen LogP contribution in [0.15, 0.2) is 146 Å². The van der Waals surface area contributed by atoms with Crippen LogP contribution in [0, 0.1) is 29.6 Å². The molecule has 0 bridgehead atoms. The third kappa shape index (κ3) is 33.1. The number of likely N-dealkylation sites (N-methyl/N-ethyl adjacent to an activating group) is 1. The number of nitrogens with one attached hydrogen (secondary N) is 15. The van der Waals surface area contributed by atoms with E-state index in [1.807, 2.05) is 42.5 Å². The molecule has 3 heterocycles. The number of aromatic hydroxyl groups is 1. The number of amides is 15. The number of carboxylic acid groups (broad SMARTS) is 2. The number of phenolic OH excluding ortho intramolecular Hbond substituents is 1. The molecular formula is C101H134N18O21S. The summed E-state index contributed by atoms with van der Waals surface area (Å²) in [5.74, 6) is -22.0. The van der Waals surface area contributed by atoms with Crippen LogP contribution >= 0.6 is 11.8 Å². The zero-order chi connectivity index (χ0) is 103. The number of aromatic nitrogens is 2. The third-order valence-electron chi connectivity index (χ3n) is 25.2. The van der Waals surface area contributed by atoms with Gasteiger partial charge in [-0.25, -0.2) is 0 Å². The summed E-state index contributed by atoms with van der Waals surface area (Å²) in [6.45, 7) is 14.7. The number of thioether (sulfide) groups is 1. The summed E-state index contributed by atoms with van der Waals surface area (Å²) in [7, 11) is 1.33. The number of aliphatic carboxylic acids is 2. The zero-order valence-corrected chi connectivity index (χ0v) is 82.1. The minimum atomic E-state index is -2.08. The fraction of sp³-hybridized carbons (Fsp3) is 0.485. The van der Waals surface area contributed by atoms with Crippen molar-refractivity contribution in [2.45, 2.75) is 250 Å². The Morgan fingerprint density at radius 3 is 1.59 bits per heavy atom. The van der Waals surface area contributed by atoms with E-state index in [2.05, 4.69) is 84.4 Å². The molecule has 3 unspecified atom stereocenters. The quantitative estimate of drug-likeness (QED) is 0.0391. The number of carboxylic acids is 2. The van der Waals surface area contributed by atoms with E-state index < -0.39 is 240 Å².